The molecule has 0 amide bonds. The highest BCUT2D eigenvalue weighted by molar-refractivity contribution is 7.47. The van der Waals surface area contributed by atoms with Crippen LogP contribution in [0.15, 0.2) is 0 Å². The van der Waals surface area contributed by atoms with Gasteiger partial charge in [-0.15, -0.1) is 0 Å². The van der Waals surface area contributed by atoms with E-state index in [0.717, 1.165) is 25.7 Å². The van der Waals surface area contributed by atoms with Crippen molar-refractivity contribution in [3.05, 3.63) is 0 Å². The summed E-state index contributed by atoms with van der Waals surface area (Å²) < 4.78 is 64.5. The molecule has 8 atom stereocenters. The fraction of sp³-hybridized carbons (Fsp3) is 0.641. The molecule has 0 aromatic heterocycles. The number of aliphatic hydroxyl groups excluding tert-OH is 3. The van der Waals surface area contributed by atoms with E-state index in [1.807, 2.05) is 5.92 Å². The Morgan fingerprint density at radius 2 is 0.951 bits per heavy atom. The largest absolute Gasteiger partial charge is 0.472 e. The lowest BCUT2D eigenvalue weighted by molar-refractivity contribution is -0.213. The molecule has 0 spiro atoms. The Balaban J connectivity index is 2.97. The number of phosphoric ester groups is 3. The third-order valence-corrected chi connectivity index (χ3v) is 10.3. The average Bonchev–Trinajstić information content (AvgIpc) is 3.18. The first kappa shape index (κ1) is 55.5. The summed E-state index contributed by atoms with van der Waals surface area (Å²) in [6, 6.07) is 0. The van der Waals surface area contributed by atoms with Crippen LogP contribution in [0.1, 0.15) is 104 Å². The van der Waals surface area contributed by atoms with Crippen molar-refractivity contribution in [3.8, 4) is 71.0 Å². The highest BCUT2D eigenvalue weighted by Gasteiger charge is 2.56. The first-order chi connectivity index (χ1) is 28.8. The van der Waals surface area contributed by atoms with Crippen molar-refractivity contribution >= 4 is 35.4 Å². The Kier molecular flexibility index (Phi) is 27.8. The number of hydrogen-bond donors (Lipinski definition) is 8. The molecule has 8 N–H and O–H groups in total. The van der Waals surface area contributed by atoms with E-state index < -0.39 is 91.3 Å². The summed E-state index contributed by atoms with van der Waals surface area (Å²) in [5, 5.41) is 31.6. The van der Waals surface area contributed by atoms with Crippen molar-refractivity contribution in [1.82, 2.24) is 0 Å². The van der Waals surface area contributed by atoms with Crippen LogP contribution in [0.5, 0.6) is 0 Å². The molecule has 0 aliphatic heterocycles. The molecule has 0 aromatic carbocycles. The van der Waals surface area contributed by atoms with E-state index >= 15 is 0 Å². The van der Waals surface area contributed by atoms with E-state index in [9.17, 15) is 63.1 Å². The average molecular weight is 919 g/mol. The third kappa shape index (κ3) is 27.2. The predicted molar refractivity (Wildman–Crippen MR) is 216 cm³/mol. The van der Waals surface area contributed by atoms with Gasteiger partial charge in [0, 0.05) is 12.3 Å². The molecule has 1 saturated carbocycles. The minimum absolute atomic E-state index is 0.0829. The fourth-order valence-electron chi connectivity index (χ4n) is 5.47. The number of esters is 2. The summed E-state index contributed by atoms with van der Waals surface area (Å²) in [6.45, 7) is 1.96. The van der Waals surface area contributed by atoms with E-state index in [4.69, 9.17) is 18.5 Å². The molecule has 61 heavy (non-hydrogen) atoms. The Morgan fingerprint density at radius 1 is 0.557 bits per heavy atom. The minimum atomic E-state index is -5.58. The number of phosphoric acid groups is 3. The maximum atomic E-state index is 13.0. The second-order valence-corrected chi connectivity index (χ2v) is 17.0. The van der Waals surface area contributed by atoms with Gasteiger partial charge in [-0.25, -0.2) is 18.5 Å². The molecule has 0 heterocycles. The number of rotatable bonds is 26. The van der Waals surface area contributed by atoms with Crippen LogP contribution in [0.3, 0.4) is 0 Å². The van der Waals surface area contributed by atoms with E-state index in [2.05, 4.69) is 81.1 Å². The second-order valence-electron chi connectivity index (χ2n) is 13.3. The zero-order chi connectivity index (χ0) is 45.7. The lowest BCUT2D eigenvalue weighted by Gasteiger charge is -2.44. The van der Waals surface area contributed by atoms with Crippen LogP contribution in [-0.2, 0) is 50.9 Å². The van der Waals surface area contributed by atoms with Crippen molar-refractivity contribution in [1.29, 1.82) is 0 Å². The molecule has 1 aliphatic rings. The van der Waals surface area contributed by atoms with E-state index in [1.54, 1.807) is 6.92 Å². The van der Waals surface area contributed by atoms with Gasteiger partial charge in [-0.3, -0.25) is 22.9 Å². The molecule has 1 aliphatic carbocycles. The van der Waals surface area contributed by atoms with E-state index in [1.165, 1.54) is 44.9 Å². The number of hydrogen-bond acceptors (Lipinski definition) is 14. The summed E-state index contributed by atoms with van der Waals surface area (Å²) >= 11 is 0. The van der Waals surface area contributed by atoms with Crippen LogP contribution in [0.2, 0.25) is 0 Å². The summed E-state index contributed by atoms with van der Waals surface area (Å²) in [4.78, 5) is 72.4. The quantitative estimate of drug-likeness (QED) is 0.0203. The molecule has 0 radical (unpaired) electrons. The van der Waals surface area contributed by atoms with Gasteiger partial charge < -0.3 is 49.3 Å². The van der Waals surface area contributed by atoms with Crippen LogP contribution in [0.4, 0.5) is 0 Å². The van der Waals surface area contributed by atoms with Gasteiger partial charge in [-0.2, -0.15) is 0 Å². The molecular weight excluding hydrogens is 865 g/mol. The zero-order valence-corrected chi connectivity index (χ0v) is 36.4. The smallest absolute Gasteiger partial charge is 0.456 e. The van der Waals surface area contributed by atoms with Crippen molar-refractivity contribution in [3.63, 3.8) is 0 Å². The molecular formula is C39H53O19P3. The molecule has 22 heteroatoms. The van der Waals surface area contributed by atoms with Crippen LogP contribution in [0, 0.1) is 71.0 Å². The van der Waals surface area contributed by atoms with Crippen molar-refractivity contribution < 1.29 is 90.6 Å². The Bertz CT molecular complexity index is 1890. The van der Waals surface area contributed by atoms with Gasteiger partial charge in [-0.05, 0) is 72.5 Å². The van der Waals surface area contributed by atoms with E-state index in [-0.39, 0.29) is 6.42 Å². The van der Waals surface area contributed by atoms with Gasteiger partial charge in [0.25, 0.3) is 0 Å². The topological polar surface area (TPSA) is 303 Å². The Labute approximate surface area is 356 Å². The highest BCUT2D eigenvalue weighted by atomic mass is 31.2. The standard InChI is InChI=1S/C39H53O19P3/c1-3-5-7-9-11-13-15-16-18-20-22-24-26-28-33(41)55-31(29-53-32(40)27-25-23-21-19-17-14-12-10-8-6-4-2)30-54-61(51,52)58-39-35(43)37(56-59(45,46)47)34(42)38(36(39)44)57-60(48,49)50/h31,34-39,42-44H,3,5,7,9,11,13,15-16,18,20,22,24,26,28-30H2,1-2H3,(H,51,52)(H2,45,46,47)(H2,48,49,50)/t31-,34?,35-,36?,37-,38+,39?/m1/s1. The Morgan fingerprint density at radius 3 is 1.38 bits per heavy atom. The zero-order valence-electron chi connectivity index (χ0n) is 33.8. The molecule has 0 aromatic rings. The number of carbonyl (C=O) groups excluding carboxylic acids is 2. The maximum absolute atomic E-state index is 13.0. The van der Waals surface area contributed by atoms with Crippen molar-refractivity contribution in [2.45, 2.75) is 146 Å². The van der Waals surface area contributed by atoms with Gasteiger partial charge in [-0.1, -0.05) is 89.9 Å². The number of aliphatic hydroxyl groups is 3. The van der Waals surface area contributed by atoms with E-state index in [0.29, 0.717) is 12.8 Å². The van der Waals surface area contributed by atoms with Gasteiger partial charge in [0.05, 0.1) is 6.61 Å². The third-order valence-electron chi connectivity index (χ3n) is 8.25. The summed E-state index contributed by atoms with van der Waals surface area (Å²) in [5.74, 6) is 26.3. The van der Waals surface area contributed by atoms with Gasteiger partial charge in [0.2, 0.25) is 0 Å². The van der Waals surface area contributed by atoms with Crippen LogP contribution < -0.4 is 0 Å². The monoisotopic (exact) mass is 918 g/mol. The second kappa shape index (κ2) is 30.5. The molecule has 338 valence electrons. The van der Waals surface area contributed by atoms with Gasteiger partial charge in [0.15, 0.2) is 6.10 Å². The molecule has 19 nitrogen and oxygen atoms in total. The molecule has 1 fully saturated rings. The number of carbonyl (C=O) groups is 2. The van der Waals surface area contributed by atoms with Gasteiger partial charge in [0.1, 0.15) is 43.2 Å². The maximum Gasteiger partial charge on any atom is 0.472 e. The molecule has 0 saturated heterocycles. The SMILES string of the molecule is CC#CC#CC#CC#CC#CC#CC(=O)OC[C@H](COP(=O)(O)OC1C(O)[C@@H](OP(=O)(O)O)C(O)[C@@H](OP(=O)(O)O)[C@H]1O)OC(=O)CCCCCCCCCCCCCCC. The molecule has 4 unspecified atom stereocenters. The molecule has 1 rings (SSSR count). The summed E-state index contributed by atoms with van der Waals surface area (Å²) in [5.41, 5.74) is 0. The van der Waals surface area contributed by atoms with Crippen LogP contribution in [-0.4, -0.2) is 108 Å². The Hall–Kier alpha value is -3.49. The minimum Gasteiger partial charge on any atom is -0.456 e. The van der Waals surface area contributed by atoms with Crippen molar-refractivity contribution in [2.24, 2.45) is 0 Å². The first-order valence-electron chi connectivity index (χ1n) is 19.3. The van der Waals surface area contributed by atoms with Gasteiger partial charge >= 0.3 is 35.4 Å². The van der Waals surface area contributed by atoms with Crippen molar-refractivity contribution in [2.75, 3.05) is 13.2 Å². The lowest BCUT2D eigenvalue weighted by Crippen LogP contribution is -2.65. The predicted octanol–water partition coefficient (Wildman–Crippen LogP) is 2.52. The summed E-state index contributed by atoms with van der Waals surface area (Å²) in [6.07, 6.45) is -3.04. The molecule has 0 bridgehead atoms. The summed E-state index contributed by atoms with van der Waals surface area (Å²) in [7, 11) is -16.7. The first-order valence-corrected chi connectivity index (χ1v) is 23.8. The fourth-order valence-corrected chi connectivity index (χ4v) is 7.57. The normalized spacial score (nSPS) is 20.9. The number of unbranched alkanes of at least 4 members (excludes halogenated alkanes) is 12. The van der Waals surface area contributed by atoms with Crippen LogP contribution in [0.25, 0.3) is 0 Å². The number of ether oxygens (including phenoxy) is 2. The van der Waals surface area contributed by atoms with Crippen LogP contribution >= 0.6 is 23.5 Å². The lowest BCUT2D eigenvalue weighted by atomic mass is 9.85. The highest BCUT2D eigenvalue weighted by Crippen LogP contribution is 2.51.